The molecule has 0 aromatic heterocycles. The third-order valence-corrected chi connectivity index (χ3v) is 2.21. The van der Waals surface area contributed by atoms with Crippen molar-refractivity contribution < 1.29 is 0 Å². The zero-order valence-corrected chi connectivity index (χ0v) is 8.57. The predicted molar refractivity (Wildman–Crippen MR) is 50.3 cm³/mol. The SMILES string of the molecule is CC.CCC(C)(CC)CC#N. The molecule has 0 aliphatic carbocycles. The van der Waals surface area contributed by atoms with Crippen LogP contribution >= 0.6 is 0 Å². The first-order valence-corrected chi connectivity index (χ1v) is 4.55. The summed E-state index contributed by atoms with van der Waals surface area (Å²) in [7, 11) is 0. The molecule has 66 valence electrons. The minimum Gasteiger partial charge on any atom is -0.198 e. The fourth-order valence-electron chi connectivity index (χ4n) is 0.691. The molecule has 0 rings (SSSR count). The molecule has 1 nitrogen and oxygen atoms in total. The van der Waals surface area contributed by atoms with Gasteiger partial charge in [0.05, 0.1) is 6.07 Å². The van der Waals surface area contributed by atoms with Gasteiger partial charge in [-0.3, -0.25) is 0 Å². The Balaban J connectivity index is 0. The average Bonchev–Trinajstić information content (AvgIpc) is 2.08. The molecule has 0 aromatic rings. The second-order valence-corrected chi connectivity index (χ2v) is 2.85. The molecule has 0 aliphatic heterocycles. The third-order valence-electron chi connectivity index (χ3n) is 2.21. The highest BCUT2D eigenvalue weighted by molar-refractivity contribution is 4.83. The molecule has 0 heterocycles. The second kappa shape index (κ2) is 7.60. The van der Waals surface area contributed by atoms with Crippen LogP contribution in [0.4, 0.5) is 0 Å². The molecule has 1 heteroatoms. The van der Waals surface area contributed by atoms with Gasteiger partial charge in [-0.2, -0.15) is 5.26 Å². The van der Waals surface area contributed by atoms with Gasteiger partial charge in [-0.05, 0) is 18.3 Å². The van der Waals surface area contributed by atoms with Crippen LogP contribution in [0, 0.1) is 16.7 Å². The molecule has 0 aromatic carbocycles. The minimum atomic E-state index is 0.273. The van der Waals surface area contributed by atoms with Gasteiger partial charge in [0.2, 0.25) is 0 Å². The minimum absolute atomic E-state index is 0.273. The van der Waals surface area contributed by atoms with Gasteiger partial charge in [0.25, 0.3) is 0 Å². The predicted octanol–water partition coefficient (Wildman–Crippen LogP) is 3.75. The molecule has 0 spiro atoms. The smallest absolute Gasteiger partial charge is 0.0627 e. The normalized spacial score (nSPS) is 9.45. The summed E-state index contributed by atoms with van der Waals surface area (Å²) in [5, 5.41) is 8.41. The molecule has 0 saturated heterocycles. The van der Waals surface area contributed by atoms with E-state index < -0.39 is 0 Å². The molecule has 11 heavy (non-hydrogen) atoms. The van der Waals surface area contributed by atoms with E-state index in [-0.39, 0.29) is 5.41 Å². The van der Waals surface area contributed by atoms with Gasteiger partial charge in [-0.1, -0.05) is 34.6 Å². The van der Waals surface area contributed by atoms with Crippen molar-refractivity contribution in [3.8, 4) is 6.07 Å². The van der Waals surface area contributed by atoms with Crippen molar-refractivity contribution in [3.63, 3.8) is 0 Å². The Hall–Kier alpha value is -0.510. The summed E-state index contributed by atoms with van der Waals surface area (Å²) in [4.78, 5) is 0. The molecule has 0 saturated carbocycles. The lowest BCUT2D eigenvalue weighted by molar-refractivity contribution is 0.306. The van der Waals surface area contributed by atoms with Crippen LogP contribution in [-0.2, 0) is 0 Å². The van der Waals surface area contributed by atoms with Crippen molar-refractivity contribution in [2.75, 3.05) is 0 Å². The zero-order valence-electron chi connectivity index (χ0n) is 8.57. The fraction of sp³-hybridized carbons (Fsp3) is 0.900. The molecule has 0 fully saturated rings. The van der Waals surface area contributed by atoms with Crippen LogP contribution in [0.15, 0.2) is 0 Å². The highest BCUT2D eigenvalue weighted by atomic mass is 14.3. The van der Waals surface area contributed by atoms with E-state index >= 15 is 0 Å². The molecule has 0 aliphatic rings. The summed E-state index contributed by atoms with van der Waals surface area (Å²) in [5.41, 5.74) is 0.273. The lowest BCUT2D eigenvalue weighted by Gasteiger charge is -2.22. The van der Waals surface area contributed by atoms with E-state index in [0.717, 1.165) is 12.8 Å². The Morgan fingerprint density at radius 1 is 1.18 bits per heavy atom. The van der Waals surface area contributed by atoms with E-state index in [2.05, 4.69) is 26.8 Å². The van der Waals surface area contributed by atoms with Crippen molar-refractivity contribution in [2.45, 2.75) is 53.9 Å². The van der Waals surface area contributed by atoms with E-state index in [1.807, 2.05) is 13.8 Å². The van der Waals surface area contributed by atoms with Crippen molar-refractivity contribution >= 4 is 0 Å². The largest absolute Gasteiger partial charge is 0.198 e. The maximum Gasteiger partial charge on any atom is 0.0627 e. The van der Waals surface area contributed by atoms with Crippen LogP contribution in [0.3, 0.4) is 0 Å². The van der Waals surface area contributed by atoms with Gasteiger partial charge < -0.3 is 0 Å². The number of nitriles is 1. The molecule has 0 bridgehead atoms. The number of hydrogen-bond donors (Lipinski definition) is 0. The third kappa shape index (κ3) is 5.91. The van der Waals surface area contributed by atoms with Gasteiger partial charge in [-0.15, -0.1) is 0 Å². The van der Waals surface area contributed by atoms with Crippen molar-refractivity contribution in [1.29, 1.82) is 5.26 Å². The highest BCUT2D eigenvalue weighted by Gasteiger charge is 2.18. The number of hydrogen-bond acceptors (Lipinski definition) is 1. The maximum atomic E-state index is 8.41. The molecule has 0 amide bonds. The molecule has 0 atom stereocenters. The summed E-state index contributed by atoms with van der Waals surface area (Å²) < 4.78 is 0. The number of rotatable bonds is 3. The summed E-state index contributed by atoms with van der Waals surface area (Å²) in [6.07, 6.45) is 2.91. The monoisotopic (exact) mass is 155 g/mol. The van der Waals surface area contributed by atoms with Gasteiger partial charge in [0.15, 0.2) is 0 Å². The average molecular weight is 155 g/mol. The Kier molecular flexibility index (Phi) is 9.05. The lowest BCUT2D eigenvalue weighted by Crippen LogP contribution is -2.11. The van der Waals surface area contributed by atoms with Gasteiger partial charge in [0, 0.05) is 6.42 Å². The van der Waals surface area contributed by atoms with E-state index in [9.17, 15) is 0 Å². The second-order valence-electron chi connectivity index (χ2n) is 2.85. The summed E-state index contributed by atoms with van der Waals surface area (Å²) in [6, 6.07) is 2.21. The van der Waals surface area contributed by atoms with Gasteiger partial charge in [0.1, 0.15) is 0 Å². The Bertz CT molecular complexity index is 107. The first-order chi connectivity index (χ1) is 5.18. The Morgan fingerprint density at radius 2 is 1.55 bits per heavy atom. The number of nitrogens with zero attached hydrogens (tertiary/aromatic N) is 1. The summed E-state index contributed by atoms with van der Waals surface area (Å²) in [6.45, 7) is 10.4. The van der Waals surface area contributed by atoms with E-state index in [1.165, 1.54) is 0 Å². The van der Waals surface area contributed by atoms with Crippen LogP contribution in [-0.4, -0.2) is 0 Å². The van der Waals surface area contributed by atoms with E-state index in [0.29, 0.717) is 6.42 Å². The lowest BCUT2D eigenvalue weighted by atomic mass is 9.82. The van der Waals surface area contributed by atoms with E-state index in [1.54, 1.807) is 0 Å². The molecule has 0 N–H and O–H groups in total. The summed E-state index contributed by atoms with van der Waals surface area (Å²) in [5.74, 6) is 0. The van der Waals surface area contributed by atoms with Crippen molar-refractivity contribution in [1.82, 2.24) is 0 Å². The maximum absolute atomic E-state index is 8.41. The summed E-state index contributed by atoms with van der Waals surface area (Å²) >= 11 is 0. The van der Waals surface area contributed by atoms with Gasteiger partial charge >= 0.3 is 0 Å². The van der Waals surface area contributed by atoms with Crippen LogP contribution in [0.2, 0.25) is 0 Å². The highest BCUT2D eigenvalue weighted by Crippen LogP contribution is 2.28. The van der Waals surface area contributed by atoms with Crippen molar-refractivity contribution in [3.05, 3.63) is 0 Å². The van der Waals surface area contributed by atoms with Gasteiger partial charge in [-0.25, -0.2) is 0 Å². The molecular formula is C10H21N. The Labute approximate surface area is 71.4 Å². The molecule has 0 radical (unpaired) electrons. The Morgan fingerprint density at radius 3 is 1.64 bits per heavy atom. The fourth-order valence-corrected chi connectivity index (χ4v) is 0.691. The van der Waals surface area contributed by atoms with Crippen molar-refractivity contribution in [2.24, 2.45) is 5.41 Å². The van der Waals surface area contributed by atoms with Crippen LogP contribution in [0.25, 0.3) is 0 Å². The molecular weight excluding hydrogens is 134 g/mol. The standard InChI is InChI=1S/C8H15N.C2H6/c1-4-8(3,5-2)6-7-9;1-2/h4-6H2,1-3H3;1-2H3. The topological polar surface area (TPSA) is 23.8 Å². The van der Waals surface area contributed by atoms with E-state index in [4.69, 9.17) is 5.26 Å². The quantitative estimate of drug-likeness (QED) is 0.609. The van der Waals surface area contributed by atoms with Crippen LogP contribution in [0.1, 0.15) is 53.9 Å². The van der Waals surface area contributed by atoms with Crippen LogP contribution in [0.5, 0.6) is 0 Å². The zero-order chi connectivity index (χ0) is 9.33. The van der Waals surface area contributed by atoms with Crippen LogP contribution < -0.4 is 0 Å². The first kappa shape index (κ1) is 13.1. The first-order valence-electron chi connectivity index (χ1n) is 4.55. The molecule has 0 unspecified atom stereocenters.